The van der Waals surface area contributed by atoms with Gasteiger partial charge in [0.1, 0.15) is 0 Å². The Kier molecular flexibility index (Phi) is 3.68. The average Bonchev–Trinajstić information content (AvgIpc) is 3.05. The van der Waals surface area contributed by atoms with Crippen molar-refractivity contribution in [3.63, 3.8) is 0 Å². The Bertz CT molecular complexity index is 560. The predicted octanol–water partition coefficient (Wildman–Crippen LogP) is 3.27. The fourth-order valence-corrected chi connectivity index (χ4v) is 3.80. The highest BCUT2D eigenvalue weighted by Crippen LogP contribution is 2.45. The van der Waals surface area contributed by atoms with E-state index in [2.05, 4.69) is 31.3 Å². The van der Waals surface area contributed by atoms with Gasteiger partial charge in [0.15, 0.2) is 0 Å². The van der Waals surface area contributed by atoms with Crippen molar-refractivity contribution < 1.29 is 0 Å². The number of nitrogens with zero attached hydrogens (tertiary/aromatic N) is 1. The van der Waals surface area contributed by atoms with Gasteiger partial charge in [0.2, 0.25) is 0 Å². The van der Waals surface area contributed by atoms with E-state index in [0.717, 1.165) is 36.4 Å². The van der Waals surface area contributed by atoms with Gasteiger partial charge < -0.3 is 9.88 Å². The summed E-state index contributed by atoms with van der Waals surface area (Å²) in [6.07, 6.45) is 10.4. The number of aryl methyl sites for hydroxylation is 1. The normalized spacial score (nSPS) is 28.8. The second kappa shape index (κ2) is 5.47. The number of rotatable bonds is 5. The number of allylic oxidation sites excluding steroid dienone is 2. The molecule has 1 aromatic heterocycles. The molecule has 2 aliphatic carbocycles. The predicted molar refractivity (Wildman–Crippen MR) is 82.9 cm³/mol. The third-order valence-electron chi connectivity index (χ3n) is 4.81. The Morgan fingerprint density at radius 3 is 2.85 bits per heavy atom. The molecule has 3 nitrogen and oxygen atoms in total. The first kappa shape index (κ1) is 13.5. The number of hydrogen-bond donors (Lipinski definition) is 1. The van der Waals surface area contributed by atoms with Crippen molar-refractivity contribution >= 4 is 5.69 Å². The molecule has 3 rings (SSSR count). The van der Waals surface area contributed by atoms with Crippen LogP contribution in [0.2, 0.25) is 0 Å². The van der Waals surface area contributed by atoms with E-state index in [1.807, 2.05) is 12.3 Å². The summed E-state index contributed by atoms with van der Waals surface area (Å²) in [5.41, 5.74) is 1.16. The topological polar surface area (TPSA) is 34.0 Å². The van der Waals surface area contributed by atoms with E-state index in [0.29, 0.717) is 6.04 Å². The Balaban J connectivity index is 1.69. The van der Waals surface area contributed by atoms with Gasteiger partial charge in [0.25, 0.3) is 5.56 Å². The van der Waals surface area contributed by atoms with Gasteiger partial charge in [-0.15, -0.1) is 0 Å². The van der Waals surface area contributed by atoms with Gasteiger partial charge in [-0.05, 0) is 50.0 Å². The van der Waals surface area contributed by atoms with E-state index < -0.39 is 0 Å². The molecule has 1 N–H and O–H groups in total. The first-order chi connectivity index (χ1) is 9.67. The molecule has 0 aliphatic heterocycles. The van der Waals surface area contributed by atoms with E-state index in [9.17, 15) is 4.79 Å². The standard InChI is InChI=1S/C17H24N2O/c1-3-8-19-11-15(6-7-17(19)20)18-12(2)16-10-13-4-5-14(16)9-13/h4-7,11-14,16,18H,3,8-10H2,1-2H3. The Hall–Kier alpha value is -1.51. The van der Waals surface area contributed by atoms with Gasteiger partial charge in [-0.2, -0.15) is 0 Å². The number of nitrogens with one attached hydrogen (secondary N) is 1. The second-order valence-electron chi connectivity index (χ2n) is 6.33. The number of pyridine rings is 1. The lowest BCUT2D eigenvalue weighted by Crippen LogP contribution is -2.29. The van der Waals surface area contributed by atoms with E-state index in [-0.39, 0.29) is 5.56 Å². The maximum absolute atomic E-state index is 11.7. The molecular weight excluding hydrogens is 248 g/mol. The van der Waals surface area contributed by atoms with Crippen LogP contribution in [0.4, 0.5) is 5.69 Å². The lowest BCUT2D eigenvalue weighted by atomic mass is 9.87. The summed E-state index contributed by atoms with van der Waals surface area (Å²) >= 11 is 0. The maximum Gasteiger partial charge on any atom is 0.250 e. The summed E-state index contributed by atoms with van der Waals surface area (Å²) in [7, 11) is 0. The average molecular weight is 272 g/mol. The number of fused-ring (bicyclic) bond motifs is 2. The van der Waals surface area contributed by atoms with Crippen LogP contribution in [-0.2, 0) is 6.54 Å². The molecular formula is C17H24N2O. The smallest absolute Gasteiger partial charge is 0.250 e. The van der Waals surface area contributed by atoms with Crippen molar-refractivity contribution in [2.75, 3.05) is 5.32 Å². The first-order valence-corrected chi connectivity index (χ1v) is 7.82. The zero-order valence-corrected chi connectivity index (χ0v) is 12.4. The largest absolute Gasteiger partial charge is 0.381 e. The summed E-state index contributed by atoms with van der Waals surface area (Å²) in [5, 5.41) is 3.60. The fourth-order valence-electron chi connectivity index (χ4n) is 3.80. The van der Waals surface area contributed by atoms with Gasteiger partial charge in [-0.25, -0.2) is 0 Å². The zero-order chi connectivity index (χ0) is 14.1. The number of anilines is 1. The molecule has 1 heterocycles. The molecule has 108 valence electrons. The van der Waals surface area contributed by atoms with Gasteiger partial charge in [0, 0.05) is 24.8 Å². The Morgan fingerprint density at radius 1 is 1.35 bits per heavy atom. The van der Waals surface area contributed by atoms with E-state index in [1.54, 1.807) is 10.6 Å². The molecule has 0 amide bonds. The van der Waals surface area contributed by atoms with Gasteiger partial charge >= 0.3 is 0 Å². The quantitative estimate of drug-likeness (QED) is 0.835. The SMILES string of the molecule is CCCn1cc(NC(C)C2CC3C=CC2C3)ccc1=O. The van der Waals surface area contributed by atoms with E-state index in [1.165, 1.54) is 12.8 Å². The fraction of sp³-hybridized carbons (Fsp3) is 0.588. The Labute approximate surface area is 120 Å². The molecule has 1 aromatic rings. The molecule has 20 heavy (non-hydrogen) atoms. The van der Waals surface area contributed by atoms with Crippen LogP contribution in [0.25, 0.3) is 0 Å². The van der Waals surface area contributed by atoms with Crippen molar-refractivity contribution in [1.82, 2.24) is 4.57 Å². The molecule has 3 heteroatoms. The highest BCUT2D eigenvalue weighted by Gasteiger charge is 2.38. The molecule has 1 saturated carbocycles. The van der Waals surface area contributed by atoms with Crippen LogP contribution >= 0.6 is 0 Å². The van der Waals surface area contributed by atoms with Crippen molar-refractivity contribution in [2.45, 2.75) is 45.7 Å². The minimum atomic E-state index is 0.0907. The summed E-state index contributed by atoms with van der Waals surface area (Å²) in [4.78, 5) is 11.7. The van der Waals surface area contributed by atoms with Crippen LogP contribution in [0, 0.1) is 17.8 Å². The minimum Gasteiger partial charge on any atom is -0.381 e. The summed E-state index contributed by atoms with van der Waals surface area (Å²) < 4.78 is 1.80. The molecule has 2 bridgehead atoms. The molecule has 0 saturated heterocycles. The lowest BCUT2D eigenvalue weighted by molar-refractivity contribution is 0.399. The van der Waals surface area contributed by atoms with Gasteiger partial charge in [-0.1, -0.05) is 19.1 Å². The minimum absolute atomic E-state index is 0.0907. The van der Waals surface area contributed by atoms with Crippen LogP contribution in [0.3, 0.4) is 0 Å². The third-order valence-corrected chi connectivity index (χ3v) is 4.81. The third kappa shape index (κ3) is 2.54. The second-order valence-corrected chi connectivity index (χ2v) is 6.33. The van der Waals surface area contributed by atoms with E-state index >= 15 is 0 Å². The molecule has 0 spiro atoms. The summed E-state index contributed by atoms with van der Waals surface area (Å²) in [6, 6.07) is 4.04. The highest BCUT2D eigenvalue weighted by molar-refractivity contribution is 5.41. The Morgan fingerprint density at radius 2 is 2.20 bits per heavy atom. The van der Waals surface area contributed by atoms with Crippen LogP contribution in [-0.4, -0.2) is 10.6 Å². The molecule has 0 radical (unpaired) electrons. The molecule has 0 aromatic carbocycles. The van der Waals surface area contributed by atoms with Crippen molar-refractivity contribution in [1.29, 1.82) is 0 Å². The van der Waals surface area contributed by atoms with Crippen LogP contribution < -0.4 is 10.9 Å². The van der Waals surface area contributed by atoms with Gasteiger partial charge in [0.05, 0.1) is 5.69 Å². The van der Waals surface area contributed by atoms with Crippen LogP contribution in [0.15, 0.2) is 35.3 Å². The van der Waals surface area contributed by atoms with E-state index in [4.69, 9.17) is 0 Å². The van der Waals surface area contributed by atoms with Crippen molar-refractivity contribution in [2.24, 2.45) is 17.8 Å². The highest BCUT2D eigenvalue weighted by atomic mass is 16.1. The lowest BCUT2D eigenvalue weighted by Gasteiger charge is -2.27. The maximum atomic E-state index is 11.7. The molecule has 4 unspecified atom stereocenters. The monoisotopic (exact) mass is 272 g/mol. The first-order valence-electron chi connectivity index (χ1n) is 7.82. The van der Waals surface area contributed by atoms with Crippen LogP contribution in [0.5, 0.6) is 0 Å². The van der Waals surface area contributed by atoms with Crippen LogP contribution in [0.1, 0.15) is 33.1 Å². The molecule has 2 aliphatic rings. The zero-order valence-electron chi connectivity index (χ0n) is 12.4. The number of hydrogen-bond acceptors (Lipinski definition) is 2. The van der Waals surface area contributed by atoms with Crippen molar-refractivity contribution in [3.8, 4) is 0 Å². The molecule has 4 atom stereocenters. The summed E-state index contributed by atoms with van der Waals surface area (Å²) in [6.45, 7) is 5.16. The van der Waals surface area contributed by atoms with Gasteiger partial charge in [-0.3, -0.25) is 4.79 Å². The van der Waals surface area contributed by atoms with Crippen molar-refractivity contribution in [3.05, 3.63) is 40.8 Å². The summed E-state index contributed by atoms with van der Waals surface area (Å²) in [5.74, 6) is 2.30. The number of aromatic nitrogens is 1. The molecule has 1 fully saturated rings.